The lowest BCUT2D eigenvalue weighted by atomic mass is 9.88. The smallest absolute Gasteiger partial charge is 0.150 e. The van der Waals surface area contributed by atoms with Gasteiger partial charge in [-0.05, 0) is 50.4 Å². The van der Waals surface area contributed by atoms with E-state index in [0.717, 1.165) is 51.4 Å². The largest absolute Gasteiger partial charge is 0.381 e. The van der Waals surface area contributed by atoms with Crippen LogP contribution in [0, 0.1) is 11.8 Å². The summed E-state index contributed by atoms with van der Waals surface area (Å²) in [5.74, 6) is 1.27. The van der Waals surface area contributed by atoms with Gasteiger partial charge in [-0.25, -0.2) is 8.42 Å². The van der Waals surface area contributed by atoms with Crippen molar-refractivity contribution >= 4 is 9.84 Å². The monoisotopic (exact) mass is 318 g/mol. The Morgan fingerprint density at radius 1 is 0.810 bits per heavy atom. The van der Waals surface area contributed by atoms with Gasteiger partial charge in [0.05, 0.1) is 23.7 Å². The van der Waals surface area contributed by atoms with Crippen LogP contribution in [0.25, 0.3) is 0 Å². The van der Waals surface area contributed by atoms with Crippen LogP contribution >= 0.6 is 0 Å². The maximum absolute atomic E-state index is 12.5. The number of ether oxygens (including phenoxy) is 2. The zero-order valence-corrected chi connectivity index (χ0v) is 14.2. The van der Waals surface area contributed by atoms with Crippen molar-refractivity contribution in [1.82, 2.24) is 0 Å². The van der Waals surface area contributed by atoms with E-state index in [1.807, 2.05) is 0 Å². The Labute approximate surface area is 129 Å². The van der Waals surface area contributed by atoms with Crippen LogP contribution in [0.15, 0.2) is 0 Å². The van der Waals surface area contributed by atoms with E-state index in [0.29, 0.717) is 11.5 Å². The molecule has 5 heteroatoms. The molecule has 0 bridgehead atoms. The van der Waals surface area contributed by atoms with Gasteiger partial charge in [0.15, 0.2) is 9.84 Å². The second-order valence-corrected chi connectivity index (χ2v) is 9.01. The molecule has 2 aliphatic rings. The fourth-order valence-electron chi connectivity index (χ4n) is 4.00. The van der Waals surface area contributed by atoms with E-state index in [9.17, 15) is 8.42 Å². The van der Waals surface area contributed by atoms with Crippen molar-refractivity contribution in [2.45, 2.75) is 63.6 Å². The summed E-state index contributed by atoms with van der Waals surface area (Å²) in [6.07, 6.45) is 8.72. The van der Waals surface area contributed by atoms with Crippen LogP contribution in [0.2, 0.25) is 0 Å². The van der Waals surface area contributed by atoms with Crippen molar-refractivity contribution in [2.24, 2.45) is 11.8 Å². The fraction of sp³-hybridized carbons (Fsp3) is 1.00. The summed E-state index contributed by atoms with van der Waals surface area (Å²) >= 11 is 0. The first-order valence-electron chi connectivity index (χ1n) is 8.28. The molecule has 4 atom stereocenters. The Bertz CT molecular complexity index is 375. The van der Waals surface area contributed by atoms with E-state index >= 15 is 0 Å². The van der Waals surface area contributed by atoms with Crippen molar-refractivity contribution in [3.63, 3.8) is 0 Å². The quantitative estimate of drug-likeness (QED) is 0.755. The summed E-state index contributed by atoms with van der Waals surface area (Å²) in [4.78, 5) is 0. The highest BCUT2D eigenvalue weighted by atomic mass is 32.2. The average Bonchev–Trinajstić information content (AvgIpc) is 2.46. The van der Waals surface area contributed by atoms with Crippen LogP contribution in [0.1, 0.15) is 51.4 Å². The van der Waals surface area contributed by atoms with E-state index in [2.05, 4.69) is 0 Å². The summed E-state index contributed by atoms with van der Waals surface area (Å²) in [6, 6.07) is 0. The SMILES string of the molecule is COC1CCCC(CS(=O)(=O)CC2CCCC(OC)C2)C1. The van der Waals surface area contributed by atoms with Crippen LogP contribution < -0.4 is 0 Å². The van der Waals surface area contributed by atoms with Gasteiger partial charge in [-0.1, -0.05) is 12.8 Å². The van der Waals surface area contributed by atoms with Crippen molar-refractivity contribution in [2.75, 3.05) is 25.7 Å². The predicted molar refractivity (Wildman–Crippen MR) is 84.2 cm³/mol. The minimum absolute atomic E-state index is 0.256. The van der Waals surface area contributed by atoms with Crippen molar-refractivity contribution < 1.29 is 17.9 Å². The molecule has 2 aliphatic carbocycles. The van der Waals surface area contributed by atoms with Crippen molar-refractivity contribution in [3.8, 4) is 0 Å². The molecule has 0 heterocycles. The molecular formula is C16H30O4S. The van der Waals surface area contributed by atoms with Crippen LogP contribution in [0.5, 0.6) is 0 Å². The highest BCUT2D eigenvalue weighted by Crippen LogP contribution is 2.30. The molecule has 0 amide bonds. The van der Waals surface area contributed by atoms with E-state index in [-0.39, 0.29) is 24.0 Å². The molecule has 4 unspecified atom stereocenters. The first kappa shape index (κ1) is 17.2. The first-order valence-corrected chi connectivity index (χ1v) is 10.1. The summed E-state index contributed by atoms with van der Waals surface area (Å²) in [5.41, 5.74) is 0. The lowest BCUT2D eigenvalue weighted by Gasteiger charge is -2.30. The number of hydrogen-bond donors (Lipinski definition) is 0. The minimum atomic E-state index is -2.96. The summed E-state index contributed by atoms with van der Waals surface area (Å²) in [5, 5.41) is 0. The topological polar surface area (TPSA) is 52.6 Å². The predicted octanol–water partition coefficient (Wildman–Crippen LogP) is 2.81. The second kappa shape index (κ2) is 7.93. The summed E-state index contributed by atoms with van der Waals surface area (Å²) < 4.78 is 35.8. The van der Waals surface area contributed by atoms with Gasteiger partial charge in [0.2, 0.25) is 0 Å². The van der Waals surface area contributed by atoms with Crippen LogP contribution in [-0.2, 0) is 19.3 Å². The standard InChI is InChI=1S/C16H30O4S/c1-19-15-7-3-5-13(9-15)11-21(17,18)12-14-6-4-8-16(10-14)20-2/h13-16H,3-12H2,1-2H3. The molecule has 0 aromatic carbocycles. The molecule has 21 heavy (non-hydrogen) atoms. The van der Waals surface area contributed by atoms with Crippen LogP contribution in [0.4, 0.5) is 0 Å². The number of rotatable bonds is 6. The molecular weight excluding hydrogens is 288 g/mol. The number of sulfone groups is 1. The van der Waals surface area contributed by atoms with Gasteiger partial charge >= 0.3 is 0 Å². The van der Waals surface area contributed by atoms with Gasteiger partial charge in [-0.2, -0.15) is 0 Å². The normalized spacial score (nSPS) is 34.8. The molecule has 0 aromatic rings. The third kappa shape index (κ3) is 5.53. The lowest BCUT2D eigenvalue weighted by molar-refractivity contribution is 0.0537. The van der Waals surface area contributed by atoms with E-state index in [4.69, 9.17) is 9.47 Å². The first-order chi connectivity index (χ1) is 10.0. The van der Waals surface area contributed by atoms with Gasteiger partial charge < -0.3 is 9.47 Å². The Hall–Kier alpha value is -0.130. The third-order valence-corrected chi connectivity index (χ3v) is 7.07. The van der Waals surface area contributed by atoms with E-state index < -0.39 is 9.84 Å². The number of hydrogen-bond acceptors (Lipinski definition) is 4. The van der Waals surface area contributed by atoms with Gasteiger partial charge in [0, 0.05) is 14.2 Å². The molecule has 0 aromatic heterocycles. The average molecular weight is 318 g/mol. The van der Waals surface area contributed by atoms with Crippen LogP contribution in [0.3, 0.4) is 0 Å². The molecule has 2 saturated carbocycles. The zero-order valence-electron chi connectivity index (χ0n) is 13.4. The van der Waals surface area contributed by atoms with Crippen molar-refractivity contribution in [3.05, 3.63) is 0 Å². The van der Waals surface area contributed by atoms with Gasteiger partial charge in [-0.3, -0.25) is 0 Å². The molecule has 4 nitrogen and oxygen atoms in total. The maximum Gasteiger partial charge on any atom is 0.150 e. The van der Waals surface area contributed by atoms with Gasteiger partial charge in [0.1, 0.15) is 0 Å². The molecule has 0 aliphatic heterocycles. The minimum Gasteiger partial charge on any atom is -0.381 e. The molecule has 0 N–H and O–H groups in total. The zero-order chi connectivity index (χ0) is 15.3. The summed E-state index contributed by atoms with van der Waals surface area (Å²) in [7, 11) is 0.506. The number of methoxy groups -OCH3 is 2. The van der Waals surface area contributed by atoms with Gasteiger partial charge in [-0.15, -0.1) is 0 Å². The second-order valence-electron chi connectivity index (χ2n) is 6.86. The van der Waals surface area contributed by atoms with Crippen LogP contribution in [-0.4, -0.2) is 46.4 Å². The molecule has 0 radical (unpaired) electrons. The molecule has 0 spiro atoms. The van der Waals surface area contributed by atoms with E-state index in [1.54, 1.807) is 14.2 Å². The molecule has 0 saturated heterocycles. The summed E-state index contributed by atoms with van der Waals surface area (Å²) in [6.45, 7) is 0. The highest BCUT2D eigenvalue weighted by molar-refractivity contribution is 7.91. The Morgan fingerprint density at radius 2 is 1.24 bits per heavy atom. The third-order valence-electron chi connectivity index (χ3n) is 5.12. The highest BCUT2D eigenvalue weighted by Gasteiger charge is 2.30. The molecule has 124 valence electrons. The molecule has 2 rings (SSSR count). The Kier molecular flexibility index (Phi) is 6.51. The van der Waals surface area contributed by atoms with Gasteiger partial charge in [0.25, 0.3) is 0 Å². The fourth-order valence-corrected chi connectivity index (χ4v) is 6.18. The van der Waals surface area contributed by atoms with E-state index in [1.165, 1.54) is 0 Å². The molecule has 2 fully saturated rings. The Morgan fingerprint density at radius 3 is 1.62 bits per heavy atom. The van der Waals surface area contributed by atoms with Crippen molar-refractivity contribution in [1.29, 1.82) is 0 Å². The lowest BCUT2D eigenvalue weighted by Crippen LogP contribution is -2.31. The maximum atomic E-state index is 12.5. The Balaban J connectivity index is 1.83.